The first-order chi connectivity index (χ1) is 6.77. The average Bonchev–Trinajstić information content (AvgIpc) is 2.15. The molecule has 0 saturated carbocycles. The molecule has 0 unspecified atom stereocenters. The predicted octanol–water partition coefficient (Wildman–Crippen LogP) is -0.0106. The van der Waals surface area contributed by atoms with Crippen molar-refractivity contribution in [3.63, 3.8) is 0 Å². The van der Waals surface area contributed by atoms with Crippen LogP contribution in [-0.4, -0.2) is 32.3 Å². The second-order valence-corrected chi connectivity index (χ2v) is 3.66. The van der Waals surface area contributed by atoms with Gasteiger partial charge in [0.15, 0.2) is 0 Å². The van der Waals surface area contributed by atoms with Gasteiger partial charge >= 0.3 is 0 Å². The van der Waals surface area contributed by atoms with Crippen molar-refractivity contribution in [3.05, 3.63) is 0 Å². The first kappa shape index (κ1) is 13.8. The number of nitrogens with two attached hydrogens (primary N) is 2. The molecule has 0 aromatic carbocycles. The van der Waals surface area contributed by atoms with E-state index in [4.69, 9.17) is 11.5 Å². The molecule has 0 radical (unpaired) electrons. The Morgan fingerprint density at radius 1 is 0.929 bits per heavy atom. The van der Waals surface area contributed by atoms with Gasteiger partial charge in [-0.2, -0.15) is 0 Å². The SMILES string of the molecule is CCCNCCCCNCCC(N)N. The minimum absolute atomic E-state index is 0.172. The van der Waals surface area contributed by atoms with Gasteiger partial charge in [0.1, 0.15) is 0 Å². The van der Waals surface area contributed by atoms with Crippen LogP contribution in [0.4, 0.5) is 0 Å². The third-order valence-electron chi connectivity index (χ3n) is 2.04. The van der Waals surface area contributed by atoms with Crippen LogP contribution in [-0.2, 0) is 0 Å². The number of hydrogen-bond acceptors (Lipinski definition) is 4. The average molecular weight is 202 g/mol. The van der Waals surface area contributed by atoms with Crippen molar-refractivity contribution in [2.45, 2.75) is 38.8 Å². The topological polar surface area (TPSA) is 76.1 Å². The van der Waals surface area contributed by atoms with Gasteiger partial charge in [-0.3, -0.25) is 0 Å². The Morgan fingerprint density at radius 2 is 1.50 bits per heavy atom. The Kier molecular flexibility index (Phi) is 10.8. The first-order valence-corrected chi connectivity index (χ1v) is 5.70. The van der Waals surface area contributed by atoms with Crippen LogP contribution in [0, 0.1) is 0 Å². The summed E-state index contributed by atoms with van der Waals surface area (Å²) in [6.45, 7) is 6.45. The molecule has 0 atom stereocenters. The third-order valence-corrected chi connectivity index (χ3v) is 2.04. The largest absolute Gasteiger partial charge is 0.317 e. The fourth-order valence-corrected chi connectivity index (χ4v) is 1.20. The van der Waals surface area contributed by atoms with Crippen LogP contribution in [0.2, 0.25) is 0 Å². The van der Waals surface area contributed by atoms with Crippen molar-refractivity contribution >= 4 is 0 Å². The Bertz CT molecular complexity index is 106. The molecular weight excluding hydrogens is 176 g/mol. The third kappa shape index (κ3) is 11.8. The number of hydrogen-bond donors (Lipinski definition) is 4. The van der Waals surface area contributed by atoms with E-state index in [-0.39, 0.29) is 6.17 Å². The summed E-state index contributed by atoms with van der Waals surface area (Å²) in [5, 5.41) is 6.70. The molecule has 0 aliphatic heterocycles. The van der Waals surface area contributed by atoms with Crippen molar-refractivity contribution < 1.29 is 0 Å². The Balaban J connectivity index is 2.85. The Morgan fingerprint density at radius 3 is 2.00 bits per heavy atom. The molecule has 0 aromatic rings. The standard InChI is InChI=1S/C10H26N4/c1-2-6-13-7-3-4-8-14-9-5-10(11)12/h10,13-14H,2-9,11-12H2,1H3. The van der Waals surface area contributed by atoms with Crippen LogP contribution in [0.1, 0.15) is 32.6 Å². The summed E-state index contributed by atoms with van der Waals surface area (Å²) < 4.78 is 0. The van der Waals surface area contributed by atoms with Gasteiger partial charge < -0.3 is 22.1 Å². The zero-order valence-electron chi connectivity index (χ0n) is 9.39. The van der Waals surface area contributed by atoms with Gasteiger partial charge in [0.25, 0.3) is 0 Å². The molecule has 0 fully saturated rings. The molecule has 0 aromatic heterocycles. The molecule has 0 rings (SSSR count). The Hall–Kier alpha value is -0.160. The van der Waals surface area contributed by atoms with Gasteiger partial charge in [-0.1, -0.05) is 6.92 Å². The number of nitrogens with one attached hydrogen (secondary N) is 2. The lowest BCUT2D eigenvalue weighted by molar-refractivity contribution is 0.545. The lowest BCUT2D eigenvalue weighted by atomic mass is 10.3. The molecule has 0 amide bonds. The van der Waals surface area contributed by atoms with E-state index in [1.807, 2.05) is 0 Å². The summed E-state index contributed by atoms with van der Waals surface area (Å²) in [5.41, 5.74) is 10.8. The van der Waals surface area contributed by atoms with E-state index in [1.165, 1.54) is 19.3 Å². The fraction of sp³-hybridized carbons (Fsp3) is 1.00. The van der Waals surface area contributed by atoms with E-state index in [0.29, 0.717) is 0 Å². The van der Waals surface area contributed by atoms with Crippen molar-refractivity contribution in [1.29, 1.82) is 0 Å². The highest BCUT2D eigenvalue weighted by molar-refractivity contribution is 4.55. The minimum Gasteiger partial charge on any atom is -0.317 e. The molecular formula is C10H26N4. The highest BCUT2D eigenvalue weighted by Gasteiger charge is 1.93. The summed E-state index contributed by atoms with van der Waals surface area (Å²) >= 11 is 0. The molecule has 0 saturated heterocycles. The zero-order chi connectivity index (χ0) is 10.6. The van der Waals surface area contributed by atoms with Crippen LogP contribution < -0.4 is 22.1 Å². The van der Waals surface area contributed by atoms with E-state index in [9.17, 15) is 0 Å². The number of rotatable bonds is 10. The first-order valence-electron chi connectivity index (χ1n) is 5.70. The maximum Gasteiger partial charge on any atom is 0.0533 e. The maximum absolute atomic E-state index is 5.42. The van der Waals surface area contributed by atoms with Crippen molar-refractivity contribution in [1.82, 2.24) is 10.6 Å². The quantitative estimate of drug-likeness (QED) is 0.297. The second-order valence-electron chi connectivity index (χ2n) is 3.66. The Labute approximate surface area is 87.8 Å². The smallest absolute Gasteiger partial charge is 0.0533 e. The van der Waals surface area contributed by atoms with Crippen LogP contribution in [0.5, 0.6) is 0 Å². The second kappa shape index (κ2) is 10.9. The molecule has 4 heteroatoms. The van der Waals surface area contributed by atoms with Gasteiger partial charge in [0.2, 0.25) is 0 Å². The summed E-state index contributed by atoms with van der Waals surface area (Å²) in [7, 11) is 0. The van der Waals surface area contributed by atoms with E-state index in [2.05, 4.69) is 17.6 Å². The molecule has 86 valence electrons. The van der Waals surface area contributed by atoms with Gasteiger partial charge in [0, 0.05) is 0 Å². The van der Waals surface area contributed by atoms with E-state index in [1.54, 1.807) is 0 Å². The van der Waals surface area contributed by atoms with Crippen molar-refractivity contribution in [3.8, 4) is 0 Å². The summed E-state index contributed by atoms with van der Waals surface area (Å²) in [5.74, 6) is 0. The zero-order valence-corrected chi connectivity index (χ0v) is 9.39. The molecule has 0 bridgehead atoms. The van der Waals surface area contributed by atoms with Crippen LogP contribution in [0.3, 0.4) is 0 Å². The van der Waals surface area contributed by atoms with E-state index in [0.717, 1.165) is 32.6 Å². The fourth-order valence-electron chi connectivity index (χ4n) is 1.20. The van der Waals surface area contributed by atoms with Crippen molar-refractivity contribution in [2.75, 3.05) is 26.2 Å². The summed E-state index contributed by atoms with van der Waals surface area (Å²) in [6.07, 6.45) is 4.35. The van der Waals surface area contributed by atoms with Crippen LogP contribution >= 0.6 is 0 Å². The summed E-state index contributed by atoms with van der Waals surface area (Å²) in [4.78, 5) is 0. The molecule has 0 heterocycles. The van der Waals surface area contributed by atoms with Crippen molar-refractivity contribution in [2.24, 2.45) is 11.5 Å². The van der Waals surface area contributed by atoms with E-state index >= 15 is 0 Å². The van der Waals surface area contributed by atoms with Crippen LogP contribution in [0.25, 0.3) is 0 Å². The highest BCUT2D eigenvalue weighted by Crippen LogP contribution is 1.85. The van der Waals surface area contributed by atoms with Gasteiger partial charge in [-0.15, -0.1) is 0 Å². The number of unbranched alkanes of at least 4 members (excludes halogenated alkanes) is 1. The van der Waals surface area contributed by atoms with E-state index < -0.39 is 0 Å². The maximum atomic E-state index is 5.42. The lowest BCUT2D eigenvalue weighted by Gasteiger charge is -2.07. The van der Waals surface area contributed by atoms with Gasteiger partial charge in [-0.25, -0.2) is 0 Å². The van der Waals surface area contributed by atoms with Gasteiger partial charge in [0.05, 0.1) is 6.17 Å². The monoisotopic (exact) mass is 202 g/mol. The lowest BCUT2D eigenvalue weighted by Crippen LogP contribution is -2.34. The minimum atomic E-state index is -0.172. The molecule has 0 aliphatic carbocycles. The molecule has 4 nitrogen and oxygen atoms in total. The summed E-state index contributed by atoms with van der Waals surface area (Å²) in [6, 6.07) is 0. The molecule has 0 spiro atoms. The predicted molar refractivity (Wildman–Crippen MR) is 62.0 cm³/mol. The molecule has 14 heavy (non-hydrogen) atoms. The van der Waals surface area contributed by atoms with Gasteiger partial charge in [-0.05, 0) is 51.9 Å². The normalized spacial score (nSPS) is 11.1. The highest BCUT2D eigenvalue weighted by atomic mass is 14.9. The molecule has 0 aliphatic rings. The van der Waals surface area contributed by atoms with Crippen LogP contribution in [0.15, 0.2) is 0 Å². The molecule has 6 N–H and O–H groups in total.